The number of aryl methyl sites for hydroxylation is 1. The number of nitrogens with zero attached hydrogens (tertiary/aromatic N) is 2. The van der Waals surface area contributed by atoms with Crippen LogP contribution in [0.25, 0.3) is 0 Å². The second-order valence-electron chi connectivity index (χ2n) is 3.88. The van der Waals surface area contributed by atoms with E-state index in [-0.39, 0.29) is 0 Å². The van der Waals surface area contributed by atoms with Crippen molar-refractivity contribution in [3.05, 3.63) is 16.9 Å². The van der Waals surface area contributed by atoms with Crippen LogP contribution in [0.2, 0.25) is 5.02 Å². The molecule has 0 saturated carbocycles. The molecule has 5 heteroatoms. The maximum Gasteiger partial charge on any atom is 0.0834 e. The molecule has 3 nitrogen and oxygen atoms in total. The summed E-state index contributed by atoms with van der Waals surface area (Å²) < 4.78 is 1.99. The van der Waals surface area contributed by atoms with Crippen molar-refractivity contribution in [2.24, 2.45) is 0 Å². The number of thioether (sulfide) groups is 1. The van der Waals surface area contributed by atoms with E-state index in [9.17, 15) is 0 Å². The Hall–Kier alpha value is -0.190. The van der Waals surface area contributed by atoms with Gasteiger partial charge in [0.1, 0.15) is 0 Å². The smallest absolute Gasteiger partial charge is 0.0834 e. The van der Waals surface area contributed by atoms with Gasteiger partial charge in [-0.2, -0.15) is 16.9 Å². The zero-order valence-electron chi connectivity index (χ0n) is 10.9. The van der Waals surface area contributed by atoms with Crippen molar-refractivity contribution in [1.29, 1.82) is 0 Å². The third-order valence-corrected chi connectivity index (χ3v) is 4.10. The standard InChI is InChI=1S/C12H22ClN3S/c1-4-7-17-9-11(14-5-2)12-10(13)8-15-16(12)6-3/h8,11,14H,4-7,9H2,1-3H3. The number of nitrogens with one attached hydrogen (secondary N) is 1. The van der Waals surface area contributed by atoms with Gasteiger partial charge in [0.25, 0.3) is 0 Å². The number of rotatable bonds is 8. The lowest BCUT2D eigenvalue weighted by Crippen LogP contribution is -2.26. The molecule has 0 aromatic carbocycles. The van der Waals surface area contributed by atoms with Crippen LogP contribution in [0.4, 0.5) is 0 Å². The Balaban J connectivity index is 2.76. The van der Waals surface area contributed by atoms with Crippen molar-refractivity contribution in [3.63, 3.8) is 0 Å². The Bertz CT molecular complexity index is 328. The van der Waals surface area contributed by atoms with Gasteiger partial charge in [0, 0.05) is 12.3 Å². The van der Waals surface area contributed by atoms with Crippen LogP contribution in [-0.2, 0) is 6.54 Å². The first-order valence-electron chi connectivity index (χ1n) is 6.26. The summed E-state index contributed by atoms with van der Waals surface area (Å²) in [7, 11) is 0. The predicted octanol–water partition coefficient (Wildman–Crippen LogP) is 3.35. The summed E-state index contributed by atoms with van der Waals surface area (Å²) in [5.41, 5.74) is 1.12. The molecule has 0 aliphatic rings. The summed E-state index contributed by atoms with van der Waals surface area (Å²) in [4.78, 5) is 0. The van der Waals surface area contributed by atoms with Gasteiger partial charge in [0.2, 0.25) is 0 Å². The fourth-order valence-electron chi connectivity index (χ4n) is 1.80. The number of hydrogen-bond donors (Lipinski definition) is 1. The summed E-state index contributed by atoms with van der Waals surface area (Å²) in [5.74, 6) is 2.24. The molecule has 1 aromatic heterocycles. The zero-order valence-corrected chi connectivity index (χ0v) is 12.4. The molecule has 0 saturated heterocycles. The normalized spacial score (nSPS) is 12.9. The molecular weight excluding hydrogens is 254 g/mol. The highest BCUT2D eigenvalue weighted by atomic mass is 35.5. The monoisotopic (exact) mass is 275 g/mol. The first-order valence-corrected chi connectivity index (χ1v) is 7.80. The summed E-state index contributed by atoms with van der Waals surface area (Å²) in [6.07, 6.45) is 2.96. The van der Waals surface area contributed by atoms with Crippen LogP contribution >= 0.6 is 23.4 Å². The van der Waals surface area contributed by atoms with E-state index in [0.29, 0.717) is 6.04 Å². The molecule has 98 valence electrons. The van der Waals surface area contributed by atoms with Crippen molar-refractivity contribution in [1.82, 2.24) is 15.1 Å². The average molecular weight is 276 g/mol. The molecule has 1 aromatic rings. The van der Waals surface area contributed by atoms with Gasteiger partial charge in [-0.1, -0.05) is 25.4 Å². The van der Waals surface area contributed by atoms with Crippen LogP contribution in [0.1, 0.15) is 38.9 Å². The minimum atomic E-state index is 0.298. The molecule has 1 rings (SSSR count). The van der Waals surface area contributed by atoms with Gasteiger partial charge in [-0.25, -0.2) is 0 Å². The maximum atomic E-state index is 6.23. The van der Waals surface area contributed by atoms with E-state index in [1.54, 1.807) is 6.20 Å². The van der Waals surface area contributed by atoms with Crippen LogP contribution in [0.15, 0.2) is 6.20 Å². The second kappa shape index (κ2) is 8.01. The summed E-state index contributed by atoms with van der Waals surface area (Å²) in [6.45, 7) is 8.23. The van der Waals surface area contributed by atoms with Crippen molar-refractivity contribution >= 4 is 23.4 Å². The minimum absolute atomic E-state index is 0.298. The number of aromatic nitrogens is 2. The van der Waals surface area contributed by atoms with Crippen LogP contribution in [-0.4, -0.2) is 27.8 Å². The highest BCUT2D eigenvalue weighted by Gasteiger charge is 2.18. The maximum absolute atomic E-state index is 6.23. The molecule has 0 aliphatic heterocycles. The van der Waals surface area contributed by atoms with Gasteiger partial charge >= 0.3 is 0 Å². The zero-order chi connectivity index (χ0) is 12.7. The van der Waals surface area contributed by atoms with E-state index < -0.39 is 0 Å². The molecule has 1 heterocycles. The number of hydrogen-bond acceptors (Lipinski definition) is 3. The predicted molar refractivity (Wildman–Crippen MR) is 76.9 cm³/mol. The van der Waals surface area contributed by atoms with Gasteiger partial charge in [-0.05, 0) is 25.6 Å². The lowest BCUT2D eigenvalue weighted by atomic mass is 10.2. The van der Waals surface area contributed by atoms with Crippen LogP contribution in [0.5, 0.6) is 0 Å². The molecule has 1 unspecified atom stereocenters. The van der Waals surface area contributed by atoms with E-state index in [1.807, 2.05) is 16.4 Å². The highest BCUT2D eigenvalue weighted by Crippen LogP contribution is 2.25. The van der Waals surface area contributed by atoms with E-state index in [0.717, 1.165) is 29.6 Å². The Kier molecular flexibility index (Phi) is 7.00. The second-order valence-corrected chi connectivity index (χ2v) is 5.44. The van der Waals surface area contributed by atoms with Crippen LogP contribution in [0, 0.1) is 0 Å². The summed E-state index contributed by atoms with van der Waals surface area (Å²) in [6, 6.07) is 0.298. The van der Waals surface area contributed by atoms with Crippen molar-refractivity contribution < 1.29 is 0 Å². The topological polar surface area (TPSA) is 29.9 Å². The Labute approximate surface area is 113 Å². The van der Waals surface area contributed by atoms with Crippen molar-refractivity contribution in [2.45, 2.75) is 39.8 Å². The first-order chi connectivity index (χ1) is 8.24. The molecule has 0 bridgehead atoms. The average Bonchev–Trinajstić information content (AvgIpc) is 2.69. The molecule has 0 fully saturated rings. The third kappa shape index (κ3) is 4.19. The van der Waals surface area contributed by atoms with Crippen molar-refractivity contribution in [3.8, 4) is 0 Å². The third-order valence-electron chi connectivity index (χ3n) is 2.55. The molecule has 1 atom stereocenters. The molecule has 0 aliphatic carbocycles. The van der Waals surface area contributed by atoms with Crippen LogP contribution < -0.4 is 5.32 Å². The van der Waals surface area contributed by atoms with Crippen LogP contribution in [0.3, 0.4) is 0 Å². The fraction of sp³-hybridized carbons (Fsp3) is 0.750. The largest absolute Gasteiger partial charge is 0.308 e. The van der Waals surface area contributed by atoms with E-state index in [1.165, 1.54) is 12.2 Å². The van der Waals surface area contributed by atoms with E-state index >= 15 is 0 Å². The quantitative estimate of drug-likeness (QED) is 0.738. The Morgan fingerprint density at radius 3 is 2.82 bits per heavy atom. The summed E-state index contributed by atoms with van der Waals surface area (Å²) in [5, 5.41) is 8.57. The molecule has 0 amide bonds. The SMILES string of the molecule is CCCSCC(NCC)c1c(Cl)cnn1CC. The van der Waals surface area contributed by atoms with Gasteiger partial charge in [0.05, 0.1) is 23.0 Å². The molecule has 17 heavy (non-hydrogen) atoms. The molecular formula is C12H22ClN3S. The van der Waals surface area contributed by atoms with Gasteiger partial charge in [-0.15, -0.1) is 0 Å². The van der Waals surface area contributed by atoms with E-state index in [4.69, 9.17) is 11.6 Å². The van der Waals surface area contributed by atoms with Crippen molar-refractivity contribution in [2.75, 3.05) is 18.1 Å². The van der Waals surface area contributed by atoms with E-state index in [2.05, 4.69) is 31.2 Å². The van der Waals surface area contributed by atoms with Gasteiger partial charge in [0.15, 0.2) is 0 Å². The fourth-order valence-corrected chi connectivity index (χ4v) is 3.04. The first kappa shape index (κ1) is 14.9. The highest BCUT2D eigenvalue weighted by molar-refractivity contribution is 7.99. The Morgan fingerprint density at radius 2 is 2.24 bits per heavy atom. The van der Waals surface area contributed by atoms with Gasteiger partial charge < -0.3 is 5.32 Å². The molecule has 0 spiro atoms. The molecule has 0 radical (unpaired) electrons. The number of halogens is 1. The Morgan fingerprint density at radius 1 is 1.47 bits per heavy atom. The summed E-state index contributed by atoms with van der Waals surface area (Å²) >= 11 is 8.20. The van der Waals surface area contributed by atoms with Gasteiger partial charge in [-0.3, -0.25) is 4.68 Å². The minimum Gasteiger partial charge on any atom is -0.308 e. The lowest BCUT2D eigenvalue weighted by molar-refractivity contribution is 0.527. The molecule has 1 N–H and O–H groups in total. The lowest BCUT2D eigenvalue weighted by Gasteiger charge is -2.19.